The second-order valence-corrected chi connectivity index (χ2v) is 2.22. The summed E-state index contributed by atoms with van der Waals surface area (Å²) >= 11 is 9.67. The van der Waals surface area contributed by atoms with Gasteiger partial charge >= 0.3 is 17.9 Å². The van der Waals surface area contributed by atoms with Crippen molar-refractivity contribution in [3.63, 3.8) is 0 Å². The molecule has 0 aliphatic rings. The Balaban J connectivity index is -0.0000000492. The molecule has 0 aromatic heterocycles. The maximum Gasteiger partial charge on any atom is 0.381 e. The Kier molecular flexibility index (Phi) is 39.7. The molecule has 5 N–H and O–H groups in total. The first-order valence-corrected chi connectivity index (χ1v) is 4.38. The van der Waals surface area contributed by atoms with E-state index in [9.17, 15) is 9.59 Å². The van der Waals surface area contributed by atoms with E-state index in [2.05, 4.69) is 6.42 Å². The molecule has 0 aromatic rings. The normalized spacial score (nSPS) is 7.42. The van der Waals surface area contributed by atoms with Gasteiger partial charge in [-0.1, -0.05) is 30.6 Å². The SMILES string of the molecule is C.C#CC(=O)O.O.O=C(O)/C=C/Cl.O=C(O)/C=C\Cl. The highest BCUT2D eigenvalue weighted by atomic mass is 35.5. The molecule has 0 aliphatic carbocycles. The minimum Gasteiger partial charge on any atom is -0.478 e. The third kappa shape index (κ3) is 87.2. The molecule has 9 heteroatoms. The number of terminal acetylenes is 1. The Bertz CT molecular complexity index is 320. The van der Waals surface area contributed by atoms with E-state index < -0.39 is 17.9 Å². The lowest BCUT2D eigenvalue weighted by atomic mass is 10.7. The second kappa shape index (κ2) is 25.0. The first-order chi connectivity index (χ1) is 7.81. The van der Waals surface area contributed by atoms with Crippen LogP contribution in [0.4, 0.5) is 0 Å². The lowest BCUT2D eigenvalue weighted by molar-refractivity contribution is -0.132. The van der Waals surface area contributed by atoms with Gasteiger partial charge in [-0.3, -0.25) is 0 Å². The number of rotatable bonds is 2. The summed E-state index contributed by atoms with van der Waals surface area (Å²) in [5.41, 5.74) is 1.89. The van der Waals surface area contributed by atoms with Crippen molar-refractivity contribution in [3.05, 3.63) is 23.2 Å². The molecular weight excluding hydrogens is 303 g/mol. The standard InChI is InChI=1S/2C3H3ClO2.C3H2O2.CH4.H2O/c2*4-2-1-3(5)6;1-2-3(4)5;;/h2*1-2H,(H,5,6);1H,(H,4,5);1H4;1H2/b2-1+;2-1-;;;. The summed E-state index contributed by atoms with van der Waals surface area (Å²) in [6, 6.07) is 0. The van der Waals surface area contributed by atoms with Crippen LogP contribution in [0.5, 0.6) is 0 Å². The smallest absolute Gasteiger partial charge is 0.381 e. The lowest BCUT2D eigenvalue weighted by Crippen LogP contribution is -1.83. The monoisotopic (exact) mass is 316 g/mol. The Morgan fingerprint density at radius 1 is 0.947 bits per heavy atom. The van der Waals surface area contributed by atoms with Gasteiger partial charge in [0, 0.05) is 29.1 Å². The van der Waals surface area contributed by atoms with Gasteiger partial charge in [0.1, 0.15) is 0 Å². The predicted molar refractivity (Wildman–Crippen MR) is 72.1 cm³/mol. The van der Waals surface area contributed by atoms with Crippen molar-refractivity contribution in [1.29, 1.82) is 0 Å². The van der Waals surface area contributed by atoms with Gasteiger partial charge in [-0.05, 0) is 0 Å². The number of carbonyl (C=O) groups is 3. The number of halogens is 2. The third-order valence-corrected chi connectivity index (χ3v) is 0.787. The zero-order valence-corrected chi connectivity index (χ0v) is 10.2. The molecule has 0 fully saturated rings. The molecule has 0 aliphatic heterocycles. The average Bonchev–Trinajstić information content (AvgIpc) is 2.19. The van der Waals surface area contributed by atoms with Crippen LogP contribution in [0.2, 0.25) is 0 Å². The van der Waals surface area contributed by atoms with E-state index in [4.69, 9.17) is 43.3 Å². The molecule has 0 amide bonds. The molecule has 0 atom stereocenters. The Morgan fingerprint density at radius 2 is 1.16 bits per heavy atom. The van der Waals surface area contributed by atoms with Gasteiger partial charge in [0.25, 0.3) is 0 Å². The number of carboxylic acid groups (broad SMARTS) is 3. The molecule has 0 rings (SSSR count). The van der Waals surface area contributed by atoms with Crippen LogP contribution in [0.15, 0.2) is 23.2 Å². The quantitative estimate of drug-likeness (QED) is 0.515. The Hall–Kier alpha value is -2.01. The van der Waals surface area contributed by atoms with Crippen molar-refractivity contribution in [2.24, 2.45) is 0 Å². The summed E-state index contributed by atoms with van der Waals surface area (Å²) < 4.78 is 0. The van der Waals surface area contributed by atoms with E-state index in [1.165, 1.54) is 5.92 Å². The zero-order chi connectivity index (χ0) is 14.3. The molecule has 0 radical (unpaired) electrons. The molecule has 19 heavy (non-hydrogen) atoms. The van der Waals surface area contributed by atoms with Gasteiger partial charge in [-0.15, -0.1) is 6.42 Å². The van der Waals surface area contributed by atoms with E-state index in [-0.39, 0.29) is 12.9 Å². The summed E-state index contributed by atoms with van der Waals surface area (Å²) in [6.45, 7) is 0. The summed E-state index contributed by atoms with van der Waals surface area (Å²) in [4.78, 5) is 28.0. The van der Waals surface area contributed by atoms with Crippen LogP contribution in [-0.4, -0.2) is 38.7 Å². The summed E-state index contributed by atoms with van der Waals surface area (Å²) in [5, 5.41) is 23.0. The van der Waals surface area contributed by atoms with E-state index >= 15 is 0 Å². The summed E-state index contributed by atoms with van der Waals surface area (Å²) in [7, 11) is 0. The molecule has 0 aromatic carbocycles. The number of carboxylic acids is 3. The van der Waals surface area contributed by atoms with Crippen LogP contribution in [-0.2, 0) is 14.4 Å². The molecule has 0 saturated heterocycles. The summed E-state index contributed by atoms with van der Waals surface area (Å²) in [5.74, 6) is -1.82. The fourth-order valence-corrected chi connectivity index (χ4v) is 0.323. The fraction of sp³-hybridized carbons (Fsp3) is 0.100. The molecule has 110 valence electrons. The molecule has 7 nitrogen and oxygen atoms in total. The van der Waals surface area contributed by atoms with Gasteiger partial charge in [0.15, 0.2) is 0 Å². The van der Waals surface area contributed by atoms with Crippen molar-refractivity contribution < 1.29 is 35.2 Å². The maximum atomic E-state index is 9.43. The zero-order valence-electron chi connectivity index (χ0n) is 8.71. The first-order valence-electron chi connectivity index (χ1n) is 3.50. The van der Waals surface area contributed by atoms with Gasteiger partial charge in [0.2, 0.25) is 0 Å². The van der Waals surface area contributed by atoms with Crippen molar-refractivity contribution in [3.8, 4) is 12.3 Å². The Labute approximate surface area is 120 Å². The molecule has 0 heterocycles. The van der Waals surface area contributed by atoms with Gasteiger partial charge in [-0.2, -0.15) is 0 Å². The summed E-state index contributed by atoms with van der Waals surface area (Å²) in [6.07, 6.45) is 6.02. The molecule has 0 bridgehead atoms. The number of aliphatic carboxylic acids is 3. The number of hydrogen-bond donors (Lipinski definition) is 3. The minimum absolute atomic E-state index is 0. The van der Waals surface area contributed by atoms with Crippen molar-refractivity contribution in [1.82, 2.24) is 0 Å². The number of hydrogen-bond acceptors (Lipinski definition) is 3. The minimum atomic E-state index is -1.22. The van der Waals surface area contributed by atoms with E-state index in [1.807, 2.05) is 0 Å². The van der Waals surface area contributed by atoms with Crippen molar-refractivity contribution in [2.45, 2.75) is 7.43 Å². The molecule has 0 unspecified atom stereocenters. The van der Waals surface area contributed by atoms with Gasteiger partial charge in [0.05, 0.1) is 0 Å². The Morgan fingerprint density at radius 3 is 1.16 bits per heavy atom. The fourth-order valence-electron chi connectivity index (χ4n) is 0.108. The van der Waals surface area contributed by atoms with Crippen LogP contribution >= 0.6 is 23.2 Å². The topological polar surface area (TPSA) is 143 Å². The molecular formula is C10H14Cl2O7. The van der Waals surface area contributed by atoms with E-state index in [0.717, 1.165) is 23.2 Å². The maximum absolute atomic E-state index is 9.43. The van der Waals surface area contributed by atoms with Crippen LogP contribution in [0, 0.1) is 12.3 Å². The van der Waals surface area contributed by atoms with E-state index in [0.29, 0.717) is 0 Å². The lowest BCUT2D eigenvalue weighted by Gasteiger charge is -1.67. The average molecular weight is 317 g/mol. The largest absolute Gasteiger partial charge is 0.478 e. The third-order valence-electron chi connectivity index (χ3n) is 0.535. The molecule has 0 spiro atoms. The highest BCUT2D eigenvalue weighted by molar-refractivity contribution is 6.26. The van der Waals surface area contributed by atoms with E-state index in [1.54, 1.807) is 0 Å². The van der Waals surface area contributed by atoms with Gasteiger partial charge in [-0.25, -0.2) is 14.4 Å². The highest BCUT2D eigenvalue weighted by Gasteiger charge is 1.78. The molecule has 0 saturated carbocycles. The van der Waals surface area contributed by atoms with Crippen LogP contribution in [0.1, 0.15) is 7.43 Å². The van der Waals surface area contributed by atoms with Crippen molar-refractivity contribution in [2.75, 3.05) is 0 Å². The van der Waals surface area contributed by atoms with Gasteiger partial charge < -0.3 is 20.8 Å². The first kappa shape index (κ1) is 30.2. The second-order valence-electron chi connectivity index (χ2n) is 1.71. The van der Waals surface area contributed by atoms with Crippen LogP contribution < -0.4 is 0 Å². The predicted octanol–water partition coefficient (Wildman–Crippen LogP) is 1.16. The van der Waals surface area contributed by atoms with Crippen LogP contribution in [0.25, 0.3) is 0 Å². The highest BCUT2D eigenvalue weighted by Crippen LogP contribution is 1.75. The van der Waals surface area contributed by atoms with Crippen molar-refractivity contribution >= 4 is 41.1 Å². The van der Waals surface area contributed by atoms with Crippen LogP contribution in [0.3, 0.4) is 0 Å².